The highest BCUT2D eigenvalue weighted by Crippen LogP contribution is 2.11. The Morgan fingerprint density at radius 3 is 2.72 bits per heavy atom. The number of aliphatic imine (C=N–C) groups is 1. The van der Waals surface area contributed by atoms with Gasteiger partial charge in [0.1, 0.15) is 0 Å². The molecule has 2 rings (SSSR count). The average Bonchev–Trinajstić information content (AvgIpc) is 3.00. The van der Waals surface area contributed by atoms with E-state index in [-0.39, 0.29) is 30.1 Å². The summed E-state index contributed by atoms with van der Waals surface area (Å²) in [4.78, 5) is 17.7. The van der Waals surface area contributed by atoms with Crippen molar-refractivity contribution in [2.24, 2.45) is 4.99 Å². The lowest BCUT2D eigenvalue weighted by Gasteiger charge is -2.32. The Balaban J connectivity index is 0.00000312. The zero-order chi connectivity index (χ0) is 17.4. The normalized spacial score (nSPS) is 15.5. The van der Waals surface area contributed by atoms with Crippen molar-refractivity contribution in [2.45, 2.75) is 39.3 Å². The maximum Gasteiger partial charge on any atom is 0.409 e. The lowest BCUT2D eigenvalue weighted by atomic mass is 10.1. The maximum atomic E-state index is 11.7. The molecule has 1 aromatic heterocycles. The van der Waals surface area contributed by atoms with Gasteiger partial charge in [-0.3, -0.25) is 9.67 Å². The van der Waals surface area contributed by atoms with Gasteiger partial charge in [0.25, 0.3) is 0 Å². The molecule has 142 valence electrons. The van der Waals surface area contributed by atoms with Crippen molar-refractivity contribution in [3.8, 4) is 0 Å². The number of hydrogen-bond donors (Lipinski definition) is 2. The summed E-state index contributed by atoms with van der Waals surface area (Å²) in [5.74, 6) is 0.786. The molecule has 1 aliphatic heterocycles. The number of carbonyl (C=O) groups is 1. The van der Waals surface area contributed by atoms with E-state index in [4.69, 9.17) is 4.74 Å². The molecule has 0 aliphatic carbocycles. The first-order chi connectivity index (χ1) is 11.6. The number of amides is 1. The molecular weight excluding hydrogens is 435 g/mol. The summed E-state index contributed by atoms with van der Waals surface area (Å²) in [5, 5.41) is 11.0. The molecule has 25 heavy (non-hydrogen) atoms. The third-order valence-corrected chi connectivity index (χ3v) is 3.98. The van der Waals surface area contributed by atoms with Crippen LogP contribution in [0.3, 0.4) is 0 Å². The Labute approximate surface area is 166 Å². The van der Waals surface area contributed by atoms with Gasteiger partial charge in [-0.2, -0.15) is 5.10 Å². The highest BCUT2D eigenvalue weighted by Gasteiger charge is 2.23. The van der Waals surface area contributed by atoms with Crippen LogP contribution in [0.25, 0.3) is 0 Å². The molecule has 1 fully saturated rings. The topological polar surface area (TPSA) is 83.8 Å². The van der Waals surface area contributed by atoms with Crippen LogP contribution in [0, 0.1) is 6.92 Å². The van der Waals surface area contributed by atoms with Gasteiger partial charge in [0, 0.05) is 38.9 Å². The third-order valence-electron chi connectivity index (χ3n) is 3.98. The van der Waals surface area contributed by atoms with Gasteiger partial charge in [-0.1, -0.05) is 0 Å². The Hall–Kier alpha value is -1.52. The van der Waals surface area contributed by atoms with E-state index in [1.165, 1.54) is 0 Å². The molecule has 0 spiro atoms. The monoisotopic (exact) mass is 464 g/mol. The van der Waals surface area contributed by atoms with Crippen LogP contribution in [0.15, 0.2) is 17.4 Å². The first-order valence-corrected chi connectivity index (χ1v) is 8.50. The number of nitrogens with zero attached hydrogens (tertiary/aromatic N) is 4. The number of nitrogens with one attached hydrogen (secondary N) is 2. The lowest BCUT2D eigenvalue weighted by molar-refractivity contribution is 0.0963. The fourth-order valence-corrected chi connectivity index (χ4v) is 2.69. The Morgan fingerprint density at radius 2 is 2.16 bits per heavy atom. The summed E-state index contributed by atoms with van der Waals surface area (Å²) in [6, 6.07) is 0.314. The summed E-state index contributed by atoms with van der Waals surface area (Å²) in [5.41, 5.74) is 1.16. The number of carbonyl (C=O) groups excluding carboxylic acids is 1. The minimum Gasteiger partial charge on any atom is -0.450 e. The Bertz CT molecular complexity index is 555. The number of ether oxygens (including phenoxy) is 1. The molecule has 0 radical (unpaired) electrons. The first-order valence-electron chi connectivity index (χ1n) is 8.50. The summed E-state index contributed by atoms with van der Waals surface area (Å²) in [6.07, 6.45) is 5.43. The van der Waals surface area contributed by atoms with Crippen LogP contribution in [0.4, 0.5) is 4.79 Å². The van der Waals surface area contributed by atoms with Crippen LogP contribution >= 0.6 is 24.0 Å². The van der Waals surface area contributed by atoms with Crippen LogP contribution in [0.2, 0.25) is 0 Å². The van der Waals surface area contributed by atoms with E-state index in [1.807, 2.05) is 30.9 Å². The number of halogens is 1. The van der Waals surface area contributed by atoms with Crippen molar-refractivity contribution in [2.75, 3.05) is 33.3 Å². The number of aromatic nitrogens is 2. The highest BCUT2D eigenvalue weighted by molar-refractivity contribution is 14.0. The quantitative estimate of drug-likeness (QED) is 0.393. The fourth-order valence-electron chi connectivity index (χ4n) is 2.69. The number of guanidine groups is 1. The van der Waals surface area contributed by atoms with E-state index in [0.717, 1.165) is 37.5 Å². The van der Waals surface area contributed by atoms with Gasteiger partial charge in [0.05, 0.1) is 19.3 Å². The molecule has 2 heterocycles. The minimum atomic E-state index is -0.215. The smallest absolute Gasteiger partial charge is 0.409 e. The first kappa shape index (κ1) is 21.5. The van der Waals surface area contributed by atoms with E-state index in [2.05, 4.69) is 20.7 Å². The van der Waals surface area contributed by atoms with Crippen LogP contribution in [-0.2, 0) is 11.3 Å². The van der Waals surface area contributed by atoms with Gasteiger partial charge in [0.15, 0.2) is 5.96 Å². The fraction of sp³-hybridized carbons (Fsp3) is 0.688. The summed E-state index contributed by atoms with van der Waals surface area (Å²) in [7, 11) is 1.77. The second kappa shape index (κ2) is 11.2. The molecule has 1 aromatic rings. The predicted molar refractivity (Wildman–Crippen MR) is 108 cm³/mol. The zero-order valence-corrected chi connectivity index (χ0v) is 17.5. The van der Waals surface area contributed by atoms with Gasteiger partial charge >= 0.3 is 6.09 Å². The molecule has 0 aromatic carbocycles. The van der Waals surface area contributed by atoms with Crippen molar-refractivity contribution in [1.29, 1.82) is 0 Å². The minimum absolute atomic E-state index is 0. The summed E-state index contributed by atoms with van der Waals surface area (Å²) >= 11 is 0. The van der Waals surface area contributed by atoms with Crippen molar-refractivity contribution < 1.29 is 9.53 Å². The van der Waals surface area contributed by atoms with Gasteiger partial charge < -0.3 is 20.3 Å². The van der Waals surface area contributed by atoms with Gasteiger partial charge in [0.2, 0.25) is 0 Å². The molecule has 1 aliphatic rings. The molecule has 0 unspecified atom stereocenters. The second-order valence-electron chi connectivity index (χ2n) is 5.88. The third kappa shape index (κ3) is 7.09. The molecule has 8 nitrogen and oxygen atoms in total. The van der Waals surface area contributed by atoms with Crippen molar-refractivity contribution in [1.82, 2.24) is 25.3 Å². The van der Waals surface area contributed by atoms with E-state index >= 15 is 0 Å². The zero-order valence-electron chi connectivity index (χ0n) is 15.2. The van der Waals surface area contributed by atoms with E-state index in [9.17, 15) is 4.79 Å². The molecule has 0 saturated carbocycles. The van der Waals surface area contributed by atoms with Crippen LogP contribution in [-0.4, -0.2) is 66.1 Å². The molecule has 9 heteroatoms. The molecule has 0 bridgehead atoms. The number of rotatable bonds is 5. The molecule has 1 amide bonds. The number of hydrogen-bond acceptors (Lipinski definition) is 4. The van der Waals surface area contributed by atoms with Crippen molar-refractivity contribution in [3.05, 3.63) is 18.0 Å². The molecular formula is C16H29IN6O2. The molecule has 1 saturated heterocycles. The van der Waals surface area contributed by atoms with Gasteiger partial charge in [-0.05, 0) is 32.3 Å². The maximum absolute atomic E-state index is 11.7. The van der Waals surface area contributed by atoms with Crippen molar-refractivity contribution in [3.63, 3.8) is 0 Å². The number of piperidine rings is 1. The summed E-state index contributed by atoms with van der Waals surface area (Å²) < 4.78 is 6.95. The second-order valence-corrected chi connectivity index (χ2v) is 5.88. The van der Waals surface area contributed by atoms with Crippen LogP contribution in [0.5, 0.6) is 0 Å². The standard InChI is InChI=1S/C16H28N6O2.HI/c1-4-24-16(23)21-8-5-14(6-9-21)20-15(17-3)18-7-10-22-12-13(2)11-19-22;/h11-12,14H,4-10H2,1-3H3,(H2,17,18,20);1H. The van der Waals surface area contributed by atoms with E-state index < -0.39 is 0 Å². The Kier molecular flexibility index (Phi) is 9.61. The Morgan fingerprint density at radius 1 is 1.44 bits per heavy atom. The van der Waals surface area contributed by atoms with Crippen molar-refractivity contribution >= 4 is 36.0 Å². The average molecular weight is 464 g/mol. The number of likely N-dealkylation sites (tertiary alicyclic amines) is 1. The molecule has 0 atom stereocenters. The van der Waals surface area contributed by atoms with E-state index in [1.54, 1.807) is 11.9 Å². The number of aryl methyl sites for hydroxylation is 1. The largest absolute Gasteiger partial charge is 0.450 e. The van der Waals surface area contributed by atoms with Crippen LogP contribution < -0.4 is 10.6 Å². The van der Waals surface area contributed by atoms with Gasteiger partial charge in [-0.15, -0.1) is 24.0 Å². The van der Waals surface area contributed by atoms with E-state index in [0.29, 0.717) is 25.7 Å². The predicted octanol–water partition coefficient (Wildman–Crippen LogP) is 1.60. The van der Waals surface area contributed by atoms with Crippen LogP contribution in [0.1, 0.15) is 25.3 Å². The highest BCUT2D eigenvalue weighted by atomic mass is 127. The van der Waals surface area contributed by atoms with Gasteiger partial charge in [-0.25, -0.2) is 4.79 Å². The SMILES string of the molecule is CCOC(=O)N1CCC(NC(=NC)NCCn2cc(C)cn2)CC1.I. The lowest BCUT2D eigenvalue weighted by Crippen LogP contribution is -2.50. The summed E-state index contributed by atoms with van der Waals surface area (Å²) in [6.45, 7) is 7.23. The molecule has 2 N–H and O–H groups in total.